The third kappa shape index (κ3) is 3.04. The molecule has 1 saturated heterocycles. The van der Waals surface area contributed by atoms with Gasteiger partial charge in [-0.2, -0.15) is 0 Å². The first-order valence-corrected chi connectivity index (χ1v) is 5.91. The Hall–Kier alpha value is -0.370. The minimum atomic E-state index is 0.165. The number of nitrogens with zero attached hydrogens (tertiary/aromatic N) is 1. The maximum atomic E-state index is 11.6. The summed E-state index contributed by atoms with van der Waals surface area (Å²) in [5.41, 5.74) is 0.349. The van der Waals surface area contributed by atoms with Gasteiger partial charge < -0.3 is 0 Å². The molecule has 0 saturated carbocycles. The van der Waals surface area contributed by atoms with Crippen LogP contribution in [-0.4, -0.2) is 28.8 Å². The number of hydrogen-bond acceptors (Lipinski definition) is 2. The van der Waals surface area contributed by atoms with Crippen molar-refractivity contribution in [3.8, 4) is 0 Å². The molecule has 1 aliphatic heterocycles. The van der Waals surface area contributed by atoms with Gasteiger partial charge in [-0.05, 0) is 26.2 Å². The van der Waals surface area contributed by atoms with Gasteiger partial charge in [-0.3, -0.25) is 9.69 Å². The van der Waals surface area contributed by atoms with Crippen LogP contribution in [-0.2, 0) is 4.79 Å². The van der Waals surface area contributed by atoms with E-state index < -0.39 is 0 Å². The zero-order valence-electron chi connectivity index (χ0n) is 11.1. The Morgan fingerprint density at radius 3 is 2.07 bits per heavy atom. The normalized spacial score (nSPS) is 25.7. The summed E-state index contributed by atoms with van der Waals surface area (Å²) in [6, 6.07) is 0.388. The molecule has 1 rings (SSSR count). The van der Waals surface area contributed by atoms with Crippen LogP contribution in [0, 0.1) is 5.41 Å². The number of carbonyl (C=O) groups is 1. The van der Waals surface area contributed by atoms with E-state index in [4.69, 9.17) is 0 Å². The quantitative estimate of drug-likeness (QED) is 0.614. The van der Waals surface area contributed by atoms with Crippen LogP contribution < -0.4 is 0 Å². The maximum absolute atomic E-state index is 11.6. The highest BCUT2D eigenvalue weighted by Gasteiger charge is 2.39. The van der Waals surface area contributed by atoms with Crippen molar-refractivity contribution in [2.45, 2.75) is 66.0 Å². The van der Waals surface area contributed by atoms with Crippen molar-refractivity contribution in [3.05, 3.63) is 0 Å². The van der Waals surface area contributed by atoms with Gasteiger partial charge in [-0.25, -0.2) is 0 Å². The number of Topliss-reactive ketones (excluding diaryl/α,β-unsaturated/α-hetero) is 1. The summed E-state index contributed by atoms with van der Waals surface area (Å²) in [6.45, 7) is 14.3. The summed E-state index contributed by atoms with van der Waals surface area (Å²) in [7, 11) is 0. The second kappa shape index (κ2) is 3.89. The minimum absolute atomic E-state index is 0.165. The number of hydrogen-bond donors (Lipinski definition) is 0. The Morgan fingerprint density at radius 2 is 1.67 bits per heavy atom. The topological polar surface area (TPSA) is 20.3 Å². The van der Waals surface area contributed by atoms with Crippen LogP contribution in [0.4, 0.5) is 0 Å². The van der Waals surface area contributed by atoms with Gasteiger partial charge in [0.25, 0.3) is 0 Å². The molecule has 1 heterocycles. The van der Waals surface area contributed by atoms with Crippen LogP contribution in [0.5, 0.6) is 0 Å². The number of rotatable bonds is 0. The van der Waals surface area contributed by atoms with Crippen LogP contribution in [0.15, 0.2) is 0 Å². The second-order valence-corrected chi connectivity index (χ2v) is 6.74. The molecule has 0 unspecified atom stereocenters. The molecule has 15 heavy (non-hydrogen) atoms. The molecule has 0 aromatic heterocycles. The fourth-order valence-corrected chi connectivity index (χ4v) is 2.41. The summed E-state index contributed by atoms with van der Waals surface area (Å²) in [6.07, 6.45) is 1.45. The smallest absolute Gasteiger partial charge is 0.135 e. The monoisotopic (exact) mass is 211 g/mol. The Bertz CT molecular complexity index is 244. The van der Waals surface area contributed by atoms with E-state index in [1.165, 1.54) is 0 Å². The zero-order valence-corrected chi connectivity index (χ0v) is 11.1. The fourth-order valence-electron chi connectivity index (χ4n) is 2.41. The predicted octanol–water partition coefficient (Wildman–Crippen LogP) is 2.86. The maximum Gasteiger partial charge on any atom is 0.135 e. The van der Waals surface area contributed by atoms with E-state index in [1.807, 2.05) is 0 Å². The van der Waals surface area contributed by atoms with E-state index in [0.29, 0.717) is 11.8 Å². The molecule has 2 heteroatoms. The van der Waals surface area contributed by atoms with Crippen LogP contribution in [0.2, 0.25) is 0 Å². The van der Waals surface area contributed by atoms with Crippen molar-refractivity contribution < 1.29 is 4.79 Å². The lowest BCUT2D eigenvalue weighted by Crippen LogP contribution is -2.57. The van der Waals surface area contributed by atoms with E-state index in [0.717, 1.165) is 19.4 Å². The number of ketones is 1. The van der Waals surface area contributed by atoms with Crippen molar-refractivity contribution in [2.24, 2.45) is 5.41 Å². The van der Waals surface area contributed by atoms with Crippen LogP contribution >= 0.6 is 0 Å². The summed E-state index contributed by atoms with van der Waals surface area (Å²) in [5.74, 6) is 0.426. The summed E-state index contributed by atoms with van der Waals surface area (Å²) >= 11 is 0. The summed E-state index contributed by atoms with van der Waals surface area (Å²) in [4.78, 5) is 14.1. The van der Waals surface area contributed by atoms with Crippen molar-refractivity contribution in [1.82, 2.24) is 4.90 Å². The van der Waals surface area contributed by atoms with Crippen LogP contribution in [0.3, 0.4) is 0 Å². The first-order valence-electron chi connectivity index (χ1n) is 5.91. The number of likely N-dealkylation sites (tertiary alicyclic amines) is 1. The molecular formula is C13H25NO. The molecule has 0 N–H and O–H groups in total. The van der Waals surface area contributed by atoms with Crippen molar-refractivity contribution in [2.75, 3.05) is 6.54 Å². The lowest BCUT2D eigenvalue weighted by Gasteiger charge is -2.49. The second-order valence-electron chi connectivity index (χ2n) is 6.74. The summed E-state index contributed by atoms with van der Waals surface area (Å²) < 4.78 is 0. The number of piperidine rings is 1. The average Bonchev–Trinajstić information content (AvgIpc) is 2.00. The van der Waals surface area contributed by atoms with E-state index in [-0.39, 0.29) is 11.0 Å². The van der Waals surface area contributed by atoms with Gasteiger partial charge in [0.15, 0.2) is 0 Å². The fraction of sp³-hybridized carbons (Fsp3) is 0.923. The minimum Gasteiger partial charge on any atom is -0.300 e. The molecule has 0 bridgehead atoms. The third-order valence-electron chi connectivity index (χ3n) is 3.29. The van der Waals surface area contributed by atoms with E-state index in [1.54, 1.807) is 0 Å². The van der Waals surface area contributed by atoms with Gasteiger partial charge in [0.2, 0.25) is 0 Å². The average molecular weight is 211 g/mol. The highest BCUT2D eigenvalue weighted by molar-refractivity contribution is 5.80. The van der Waals surface area contributed by atoms with Gasteiger partial charge >= 0.3 is 0 Å². The molecule has 1 aliphatic rings. The van der Waals surface area contributed by atoms with E-state index in [9.17, 15) is 4.79 Å². The molecular weight excluding hydrogens is 186 g/mol. The summed E-state index contributed by atoms with van der Waals surface area (Å²) in [5, 5.41) is 0. The van der Waals surface area contributed by atoms with Gasteiger partial charge in [0.05, 0.1) is 0 Å². The van der Waals surface area contributed by atoms with Gasteiger partial charge in [0, 0.05) is 31.0 Å². The highest BCUT2D eigenvalue weighted by Crippen LogP contribution is 2.34. The van der Waals surface area contributed by atoms with E-state index >= 15 is 0 Å². The van der Waals surface area contributed by atoms with Crippen LogP contribution in [0.1, 0.15) is 54.4 Å². The standard InChI is InChI=1S/C13H25NO/c1-12(2,3)11-9-10(15)7-8-14(11)13(4,5)6/h11H,7-9H2,1-6H3/t11-/m1/s1. The Morgan fingerprint density at radius 1 is 1.13 bits per heavy atom. The Kier molecular flexibility index (Phi) is 3.30. The molecule has 0 spiro atoms. The van der Waals surface area contributed by atoms with Gasteiger partial charge in [-0.15, -0.1) is 0 Å². The molecule has 0 aromatic carbocycles. The molecule has 88 valence electrons. The Balaban J connectivity index is 2.90. The van der Waals surface area contributed by atoms with Gasteiger partial charge in [-0.1, -0.05) is 20.8 Å². The third-order valence-corrected chi connectivity index (χ3v) is 3.29. The van der Waals surface area contributed by atoms with Crippen molar-refractivity contribution >= 4 is 5.78 Å². The van der Waals surface area contributed by atoms with Crippen LogP contribution in [0.25, 0.3) is 0 Å². The first-order chi connectivity index (χ1) is 6.62. The predicted molar refractivity (Wildman–Crippen MR) is 63.9 cm³/mol. The molecule has 2 nitrogen and oxygen atoms in total. The molecule has 1 fully saturated rings. The molecule has 0 aliphatic carbocycles. The van der Waals surface area contributed by atoms with Crippen molar-refractivity contribution in [1.29, 1.82) is 0 Å². The molecule has 1 atom stereocenters. The lowest BCUT2D eigenvalue weighted by molar-refractivity contribution is -0.127. The van der Waals surface area contributed by atoms with Crippen molar-refractivity contribution in [3.63, 3.8) is 0 Å². The number of carbonyl (C=O) groups excluding carboxylic acids is 1. The largest absolute Gasteiger partial charge is 0.300 e. The zero-order chi connectivity index (χ0) is 11.9. The molecule has 0 aromatic rings. The molecule has 0 amide bonds. The SMILES string of the molecule is CC(C)(C)[C@H]1CC(=O)CCN1C(C)(C)C. The van der Waals surface area contributed by atoms with Gasteiger partial charge in [0.1, 0.15) is 5.78 Å². The molecule has 0 radical (unpaired) electrons. The Labute approximate surface area is 94.0 Å². The van der Waals surface area contributed by atoms with E-state index in [2.05, 4.69) is 46.4 Å². The highest BCUT2D eigenvalue weighted by atomic mass is 16.1. The first kappa shape index (κ1) is 12.7. The lowest BCUT2D eigenvalue weighted by atomic mass is 9.78.